The number of carbonyl (C=O) groups excluding carboxylic acids is 1. The third-order valence-corrected chi connectivity index (χ3v) is 6.95. The first-order valence-corrected chi connectivity index (χ1v) is 11.1. The Morgan fingerprint density at radius 1 is 1.37 bits per heavy atom. The molecule has 9 heteroatoms. The van der Waals surface area contributed by atoms with Gasteiger partial charge in [-0.2, -0.15) is 0 Å². The second-order valence-corrected chi connectivity index (χ2v) is 9.22. The quantitative estimate of drug-likeness (QED) is 0.708. The minimum absolute atomic E-state index is 0.0915. The fraction of sp³-hybridized carbons (Fsp3) is 0.556. The van der Waals surface area contributed by atoms with Crippen LogP contribution in [0.25, 0.3) is 0 Å². The topological polar surface area (TPSA) is 73.1 Å². The molecule has 1 fully saturated rings. The highest BCUT2D eigenvalue weighted by atomic mass is 32.2. The van der Waals surface area contributed by atoms with Gasteiger partial charge in [0.1, 0.15) is 0 Å². The molecule has 0 unspecified atom stereocenters. The van der Waals surface area contributed by atoms with Crippen molar-refractivity contribution in [2.24, 2.45) is 0 Å². The Balaban J connectivity index is 1.42. The fourth-order valence-electron chi connectivity index (χ4n) is 3.35. The number of thioether (sulfide) groups is 2. The zero-order valence-electron chi connectivity index (χ0n) is 15.3. The summed E-state index contributed by atoms with van der Waals surface area (Å²) in [4.78, 5) is 16.0. The van der Waals surface area contributed by atoms with Crippen LogP contribution in [0.15, 0.2) is 34.3 Å². The van der Waals surface area contributed by atoms with Crippen LogP contribution in [0, 0.1) is 0 Å². The largest absolute Gasteiger partial charge is 0.376 e. The number of aromatic nitrogens is 4. The predicted octanol–water partition coefficient (Wildman–Crippen LogP) is 2.86. The van der Waals surface area contributed by atoms with Gasteiger partial charge in [-0.3, -0.25) is 4.79 Å². The zero-order valence-corrected chi connectivity index (χ0v) is 16.9. The summed E-state index contributed by atoms with van der Waals surface area (Å²) in [6, 6.07) is 8.15. The number of anilines is 1. The van der Waals surface area contributed by atoms with E-state index in [1.54, 1.807) is 4.68 Å². The van der Waals surface area contributed by atoms with E-state index in [0.29, 0.717) is 22.7 Å². The van der Waals surface area contributed by atoms with Crippen molar-refractivity contribution in [2.75, 3.05) is 23.8 Å². The summed E-state index contributed by atoms with van der Waals surface area (Å²) in [7, 11) is 0. The maximum Gasteiger partial charge on any atom is 0.237 e. The molecule has 2 aliphatic rings. The number of hydrogen-bond acceptors (Lipinski definition) is 7. The minimum Gasteiger partial charge on any atom is -0.376 e. The van der Waals surface area contributed by atoms with Gasteiger partial charge in [-0.15, -0.1) is 16.9 Å². The highest BCUT2D eigenvalue weighted by molar-refractivity contribution is 8.00. The summed E-state index contributed by atoms with van der Waals surface area (Å²) in [5.41, 5.74) is 1.01. The summed E-state index contributed by atoms with van der Waals surface area (Å²) >= 11 is 3.23. The molecule has 1 amide bonds. The monoisotopic (exact) mass is 405 g/mol. The Hall–Kier alpha value is -1.58. The van der Waals surface area contributed by atoms with E-state index in [0.717, 1.165) is 38.1 Å². The molecule has 0 bridgehead atoms. The number of amides is 1. The summed E-state index contributed by atoms with van der Waals surface area (Å²) in [6.07, 6.45) is 3.26. The van der Waals surface area contributed by atoms with Gasteiger partial charge in [-0.25, -0.2) is 4.68 Å². The molecule has 1 aromatic carbocycles. The molecule has 2 aliphatic heterocycles. The third-order valence-electron chi connectivity index (χ3n) is 4.77. The van der Waals surface area contributed by atoms with Crippen molar-refractivity contribution in [1.29, 1.82) is 0 Å². The van der Waals surface area contributed by atoms with Crippen molar-refractivity contribution in [3.63, 3.8) is 0 Å². The molecule has 0 spiro atoms. The van der Waals surface area contributed by atoms with Gasteiger partial charge in [0.25, 0.3) is 0 Å². The Labute approximate surface area is 167 Å². The van der Waals surface area contributed by atoms with Gasteiger partial charge in [0, 0.05) is 23.3 Å². The molecule has 1 aromatic heterocycles. The molecular formula is C18H23N5O2S2. The molecule has 0 aliphatic carbocycles. The number of benzene rings is 1. The van der Waals surface area contributed by atoms with Crippen molar-refractivity contribution in [3.8, 4) is 0 Å². The number of tetrazole rings is 1. The number of carbonyl (C=O) groups is 1. The molecule has 2 aromatic rings. The molecule has 27 heavy (non-hydrogen) atoms. The van der Waals surface area contributed by atoms with Crippen molar-refractivity contribution in [3.05, 3.63) is 24.3 Å². The molecule has 2 atom stereocenters. The van der Waals surface area contributed by atoms with Crippen LogP contribution in [-0.4, -0.2) is 56.4 Å². The summed E-state index contributed by atoms with van der Waals surface area (Å²) < 4.78 is 7.41. The smallest absolute Gasteiger partial charge is 0.237 e. The SMILES string of the molecule is C[C@H]1CCN(C(=O)CSc2nnnn2C[C@H]2CCCO2)c2ccccc2S1. The van der Waals surface area contributed by atoms with Gasteiger partial charge in [0.15, 0.2) is 0 Å². The van der Waals surface area contributed by atoms with Crippen molar-refractivity contribution < 1.29 is 9.53 Å². The number of fused-ring (bicyclic) bond motifs is 1. The van der Waals surface area contributed by atoms with Crippen LogP contribution in [-0.2, 0) is 16.1 Å². The average Bonchev–Trinajstić information content (AvgIpc) is 3.30. The van der Waals surface area contributed by atoms with Crippen LogP contribution in [0.1, 0.15) is 26.2 Å². The predicted molar refractivity (Wildman–Crippen MR) is 106 cm³/mol. The van der Waals surface area contributed by atoms with E-state index in [2.05, 4.69) is 28.5 Å². The lowest BCUT2D eigenvalue weighted by Crippen LogP contribution is -2.33. The van der Waals surface area contributed by atoms with E-state index in [1.807, 2.05) is 34.9 Å². The number of ether oxygens (including phenoxy) is 1. The van der Waals surface area contributed by atoms with Gasteiger partial charge < -0.3 is 9.64 Å². The Kier molecular flexibility index (Phi) is 5.99. The van der Waals surface area contributed by atoms with Crippen molar-refractivity contribution >= 4 is 35.1 Å². The number of para-hydroxylation sites is 1. The van der Waals surface area contributed by atoms with E-state index in [9.17, 15) is 4.79 Å². The van der Waals surface area contributed by atoms with Gasteiger partial charge in [-0.05, 0) is 41.8 Å². The summed E-state index contributed by atoms with van der Waals surface area (Å²) in [5, 5.41) is 13.1. The maximum atomic E-state index is 13.0. The third kappa shape index (κ3) is 4.47. The van der Waals surface area contributed by atoms with E-state index >= 15 is 0 Å². The molecule has 144 valence electrons. The van der Waals surface area contributed by atoms with Crippen LogP contribution >= 0.6 is 23.5 Å². The average molecular weight is 406 g/mol. The van der Waals surface area contributed by atoms with Crippen LogP contribution < -0.4 is 4.90 Å². The van der Waals surface area contributed by atoms with E-state index < -0.39 is 0 Å². The molecule has 3 heterocycles. The first kappa shape index (κ1) is 18.8. The molecule has 0 N–H and O–H groups in total. The molecule has 0 saturated carbocycles. The molecule has 7 nitrogen and oxygen atoms in total. The van der Waals surface area contributed by atoms with Crippen LogP contribution in [0.3, 0.4) is 0 Å². The van der Waals surface area contributed by atoms with Crippen LogP contribution in [0.2, 0.25) is 0 Å². The lowest BCUT2D eigenvalue weighted by atomic mass is 10.2. The zero-order chi connectivity index (χ0) is 18.6. The molecule has 1 saturated heterocycles. The van der Waals surface area contributed by atoms with Gasteiger partial charge in [0.2, 0.25) is 11.1 Å². The van der Waals surface area contributed by atoms with Crippen molar-refractivity contribution in [2.45, 2.75) is 54.1 Å². The molecular weight excluding hydrogens is 382 g/mol. The highest BCUT2D eigenvalue weighted by Gasteiger charge is 2.25. The number of nitrogens with zero attached hydrogens (tertiary/aromatic N) is 5. The Bertz CT molecular complexity index is 794. The first-order chi connectivity index (χ1) is 13.2. The highest BCUT2D eigenvalue weighted by Crippen LogP contribution is 2.37. The fourth-order valence-corrected chi connectivity index (χ4v) is 5.22. The van der Waals surface area contributed by atoms with E-state index in [4.69, 9.17) is 4.74 Å². The standard InChI is InChI=1S/C18H23N5O2S2/c1-13-8-9-22(15-6-2-3-7-16(15)27-13)17(24)12-26-18-19-20-21-23(18)11-14-5-4-10-25-14/h2-3,6-7,13-14H,4-5,8-12H2,1H3/t13-,14+/m0/s1. The molecule has 4 rings (SSSR count). The summed E-state index contributed by atoms with van der Waals surface area (Å²) in [5.74, 6) is 0.410. The maximum absolute atomic E-state index is 13.0. The Morgan fingerprint density at radius 3 is 3.11 bits per heavy atom. The number of rotatable bonds is 5. The second kappa shape index (κ2) is 8.62. The summed E-state index contributed by atoms with van der Waals surface area (Å²) in [6.45, 7) is 4.40. The van der Waals surface area contributed by atoms with Gasteiger partial charge in [0.05, 0.1) is 24.1 Å². The lowest BCUT2D eigenvalue weighted by Gasteiger charge is -2.22. The van der Waals surface area contributed by atoms with Gasteiger partial charge >= 0.3 is 0 Å². The lowest BCUT2D eigenvalue weighted by molar-refractivity contribution is -0.116. The normalized spacial score (nSPS) is 22.5. The van der Waals surface area contributed by atoms with Crippen LogP contribution in [0.5, 0.6) is 0 Å². The van der Waals surface area contributed by atoms with E-state index in [-0.39, 0.29) is 12.0 Å². The first-order valence-electron chi connectivity index (χ1n) is 9.27. The second-order valence-electron chi connectivity index (χ2n) is 6.80. The van der Waals surface area contributed by atoms with Crippen LogP contribution in [0.4, 0.5) is 5.69 Å². The Morgan fingerprint density at radius 2 is 2.26 bits per heavy atom. The number of hydrogen-bond donors (Lipinski definition) is 0. The van der Waals surface area contributed by atoms with E-state index in [1.165, 1.54) is 16.7 Å². The molecule has 0 radical (unpaired) electrons. The van der Waals surface area contributed by atoms with Crippen molar-refractivity contribution in [1.82, 2.24) is 20.2 Å². The van der Waals surface area contributed by atoms with Gasteiger partial charge in [-0.1, -0.05) is 30.8 Å². The minimum atomic E-state index is 0.0915.